The van der Waals surface area contributed by atoms with E-state index in [2.05, 4.69) is 29.1 Å². The molecule has 2 heteroatoms. The first kappa shape index (κ1) is 7.86. The van der Waals surface area contributed by atoms with Crippen molar-refractivity contribution < 1.29 is 4.74 Å². The quantitative estimate of drug-likeness (QED) is 0.685. The molecular weight excluding hydrogens is 192 g/mol. The minimum absolute atomic E-state index is 0.404. The van der Waals surface area contributed by atoms with E-state index in [-0.39, 0.29) is 0 Å². The Bertz CT molecular complexity index is 155. The van der Waals surface area contributed by atoms with Crippen molar-refractivity contribution in [1.29, 1.82) is 0 Å². The van der Waals surface area contributed by atoms with Crippen LogP contribution in [0.15, 0.2) is 23.4 Å². The van der Waals surface area contributed by atoms with Crippen LogP contribution in [-0.2, 0) is 4.74 Å². The highest BCUT2D eigenvalue weighted by Gasteiger charge is 2.21. The van der Waals surface area contributed by atoms with Gasteiger partial charge in [-0.25, -0.2) is 0 Å². The van der Waals surface area contributed by atoms with Gasteiger partial charge < -0.3 is 4.74 Å². The molecular formula is C8H11BrO. The van der Waals surface area contributed by atoms with Crippen LogP contribution in [-0.4, -0.2) is 6.10 Å². The monoisotopic (exact) mass is 202 g/mol. The minimum atomic E-state index is 0.404. The van der Waals surface area contributed by atoms with Gasteiger partial charge in [0.25, 0.3) is 0 Å². The molecule has 1 nitrogen and oxygen atoms in total. The molecule has 1 rings (SSSR count). The smallest absolute Gasteiger partial charge is 0.106 e. The normalized spacial score (nSPS) is 23.3. The Hall–Kier alpha value is -0.240. The minimum Gasteiger partial charge on any atom is -0.495 e. The second kappa shape index (κ2) is 3.24. The summed E-state index contributed by atoms with van der Waals surface area (Å²) in [7, 11) is 0. The Balaban J connectivity index is 2.05. The summed E-state index contributed by atoms with van der Waals surface area (Å²) in [6, 6.07) is 0. The molecule has 0 amide bonds. The van der Waals surface area contributed by atoms with E-state index in [0.29, 0.717) is 6.10 Å². The molecule has 0 aromatic carbocycles. The third kappa shape index (κ3) is 2.18. The number of hydrogen-bond acceptors (Lipinski definition) is 1. The van der Waals surface area contributed by atoms with Gasteiger partial charge in [0.05, 0.1) is 5.76 Å². The van der Waals surface area contributed by atoms with E-state index >= 15 is 0 Å². The molecule has 0 aromatic heterocycles. The Morgan fingerprint density at radius 2 is 2.40 bits per heavy atom. The van der Waals surface area contributed by atoms with E-state index in [0.717, 1.165) is 29.5 Å². The maximum Gasteiger partial charge on any atom is 0.106 e. The van der Waals surface area contributed by atoms with Crippen molar-refractivity contribution in [2.45, 2.75) is 25.4 Å². The zero-order valence-corrected chi connectivity index (χ0v) is 7.49. The predicted octanol–water partition coefficient (Wildman–Crippen LogP) is 2.98. The van der Waals surface area contributed by atoms with Crippen LogP contribution in [0.5, 0.6) is 0 Å². The summed E-state index contributed by atoms with van der Waals surface area (Å²) in [5, 5.41) is 0. The van der Waals surface area contributed by atoms with Gasteiger partial charge in [-0.3, -0.25) is 0 Å². The largest absolute Gasteiger partial charge is 0.495 e. The van der Waals surface area contributed by atoms with Gasteiger partial charge in [-0.15, -0.1) is 0 Å². The highest BCUT2D eigenvalue weighted by Crippen LogP contribution is 2.27. The molecule has 1 unspecified atom stereocenters. The average molecular weight is 203 g/mol. The van der Waals surface area contributed by atoms with E-state index < -0.39 is 0 Å². The van der Waals surface area contributed by atoms with Crippen LogP contribution in [0.25, 0.3) is 0 Å². The van der Waals surface area contributed by atoms with Gasteiger partial charge in [0.15, 0.2) is 0 Å². The number of hydrogen-bond donors (Lipinski definition) is 0. The van der Waals surface area contributed by atoms with Crippen molar-refractivity contribution >= 4 is 15.9 Å². The topological polar surface area (TPSA) is 9.23 Å². The molecule has 10 heavy (non-hydrogen) atoms. The van der Waals surface area contributed by atoms with E-state index in [1.165, 1.54) is 0 Å². The summed E-state index contributed by atoms with van der Waals surface area (Å²) in [5.41, 5.74) is 0. The Labute approximate surface area is 69.9 Å². The first-order chi connectivity index (χ1) is 4.68. The van der Waals surface area contributed by atoms with Gasteiger partial charge >= 0.3 is 0 Å². The van der Waals surface area contributed by atoms with Crippen LogP contribution in [0.1, 0.15) is 19.3 Å². The lowest BCUT2D eigenvalue weighted by atomic mass is 10.1. The second-order valence-corrected chi connectivity index (χ2v) is 3.66. The lowest BCUT2D eigenvalue weighted by molar-refractivity contribution is 0.0165. The molecule has 0 spiro atoms. The zero-order chi connectivity index (χ0) is 7.56. The van der Waals surface area contributed by atoms with Gasteiger partial charge in [0.2, 0.25) is 0 Å². The number of allylic oxidation sites excluding steroid dienone is 1. The van der Waals surface area contributed by atoms with Crippen molar-refractivity contribution in [2.24, 2.45) is 0 Å². The number of ether oxygens (including phenoxy) is 1. The summed E-state index contributed by atoms with van der Waals surface area (Å²) in [6.45, 7) is 7.42. The number of halogens is 1. The Kier molecular flexibility index (Phi) is 2.55. The summed E-state index contributed by atoms with van der Waals surface area (Å²) in [5.74, 6) is 0.921. The SMILES string of the molecule is C=C(Br)CCC1CC(=C)O1. The van der Waals surface area contributed by atoms with Crippen molar-refractivity contribution in [3.8, 4) is 0 Å². The maximum absolute atomic E-state index is 5.23. The van der Waals surface area contributed by atoms with Gasteiger partial charge in [-0.05, 0) is 17.3 Å². The zero-order valence-electron chi connectivity index (χ0n) is 5.90. The summed E-state index contributed by atoms with van der Waals surface area (Å²) in [6.07, 6.45) is 3.49. The molecule has 0 bridgehead atoms. The fraction of sp³-hybridized carbons (Fsp3) is 0.500. The fourth-order valence-corrected chi connectivity index (χ4v) is 1.19. The molecule has 1 saturated heterocycles. The predicted molar refractivity (Wildman–Crippen MR) is 45.9 cm³/mol. The van der Waals surface area contributed by atoms with E-state index in [1.807, 2.05) is 0 Å². The van der Waals surface area contributed by atoms with Crippen LogP contribution in [0.3, 0.4) is 0 Å². The van der Waals surface area contributed by atoms with E-state index in [4.69, 9.17) is 4.74 Å². The van der Waals surface area contributed by atoms with Crippen molar-refractivity contribution in [2.75, 3.05) is 0 Å². The first-order valence-corrected chi connectivity index (χ1v) is 4.15. The highest BCUT2D eigenvalue weighted by atomic mass is 79.9. The molecule has 0 radical (unpaired) electrons. The van der Waals surface area contributed by atoms with Crippen molar-refractivity contribution in [3.05, 3.63) is 23.4 Å². The molecule has 1 aliphatic rings. The van der Waals surface area contributed by atoms with Crippen LogP contribution in [0.4, 0.5) is 0 Å². The lowest BCUT2D eigenvalue weighted by Gasteiger charge is -2.29. The third-order valence-corrected chi connectivity index (χ3v) is 1.92. The summed E-state index contributed by atoms with van der Waals surface area (Å²) in [4.78, 5) is 0. The van der Waals surface area contributed by atoms with Gasteiger partial charge in [-0.2, -0.15) is 0 Å². The molecule has 0 saturated carbocycles. The Morgan fingerprint density at radius 1 is 1.80 bits per heavy atom. The van der Waals surface area contributed by atoms with Gasteiger partial charge in [0.1, 0.15) is 6.10 Å². The van der Waals surface area contributed by atoms with Crippen molar-refractivity contribution in [3.63, 3.8) is 0 Å². The summed E-state index contributed by atoms with van der Waals surface area (Å²) < 4.78 is 6.28. The third-order valence-electron chi connectivity index (χ3n) is 1.53. The second-order valence-electron chi connectivity index (χ2n) is 2.54. The molecule has 56 valence electrons. The van der Waals surface area contributed by atoms with Crippen LogP contribution in [0, 0.1) is 0 Å². The Morgan fingerprint density at radius 3 is 2.80 bits per heavy atom. The number of rotatable bonds is 3. The standard InChI is InChI=1S/C8H11BrO/c1-6(9)3-4-8-5-7(2)10-8/h8H,1-5H2. The molecule has 0 aliphatic carbocycles. The van der Waals surface area contributed by atoms with E-state index in [1.54, 1.807) is 0 Å². The fourth-order valence-electron chi connectivity index (χ4n) is 0.959. The molecule has 1 heterocycles. The highest BCUT2D eigenvalue weighted by molar-refractivity contribution is 9.11. The molecule has 1 aliphatic heterocycles. The van der Waals surface area contributed by atoms with Crippen LogP contribution in [0.2, 0.25) is 0 Å². The van der Waals surface area contributed by atoms with Crippen molar-refractivity contribution in [1.82, 2.24) is 0 Å². The molecule has 1 atom stereocenters. The summed E-state index contributed by atoms with van der Waals surface area (Å²) >= 11 is 3.30. The molecule has 0 aromatic rings. The van der Waals surface area contributed by atoms with Crippen LogP contribution >= 0.6 is 15.9 Å². The maximum atomic E-state index is 5.23. The van der Waals surface area contributed by atoms with Gasteiger partial charge in [-0.1, -0.05) is 29.1 Å². The van der Waals surface area contributed by atoms with E-state index in [9.17, 15) is 0 Å². The van der Waals surface area contributed by atoms with Crippen LogP contribution < -0.4 is 0 Å². The lowest BCUT2D eigenvalue weighted by Crippen LogP contribution is -2.23. The average Bonchev–Trinajstić information content (AvgIpc) is 1.77. The molecule has 1 fully saturated rings. The van der Waals surface area contributed by atoms with Gasteiger partial charge in [0, 0.05) is 6.42 Å². The first-order valence-electron chi connectivity index (χ1n) is 3.36. The molecule has 0 N–H and O–H groups in total.